The molecule has 0 aliphatic rings. The molecule has 5 nitrogen and oxygen atoms in total. The number of hydrogen-bond acceptors (Lipinski definition) is 4. The van der Waals surface area contributed by atoms with Crippen LogP contribution in [0.25, 0.3) is 0 Å². The Kier molecular flexibility index (Phi) is 3.51. The second kappa shape index (κ2) is 4.51. The second-order valence-electron chi connectivity index (χ2n) is 3.80. The van der Waals surface area contributed by atoms with Gasteiger partial charge in [0.05, 0.1) is 0 Å². The maximum atomic E-state index is 10.6. The number of aliphatic carboxylic acids is 1. The molecule has 0 radical (unpaired) electrons. The lowest BCUT2D eigenvalue weighted by Gasteiger charge is -2.17. The summed E-state index contributed by atoms with van der Waals surface area (Å²) in [6.45, 7) is 3.61. The summed E-state index contributed by atoms with van der Waals surface area (Å²) in [7, 11) is 0. The van der Waals surface area contributed by atoms with E-state index in [4.69, 9.17) is 10.8 Å². The van der Waals surface area contributed by atoms with Crippen LogP contribution in [0.1, 0.15) is 22.8 Å². The number of aliphatic hydroxyl groups is 1. The molecule has 0 fully saturated rings. The molecule has 1 aromatic carbocycles. The van der Waals surface area contributed by atoms with Crippen LogP contribution >= 0.6 is 0 Å². The van der Waals surface area contributed by atoms with Gasteiger partial charge in [-0.1, -0.05) is 0 Å². The number of carbonyl (C=O) groups is 1. The Hall–Kier alpha value is -1.59. The molecule has 16 heavy (non-hydrogen) atoms. The topological polar surface area (TPSA) is 104 Å². The number of hydrogen-bond donors (Lipinski definition) is 4. The fraction of sp³-hybridized carbons (Fsp3) is 0.364. The maximum absolute atomic E-state index is 10.6. The molecule has 1 aromatic rings. The van der Waals surface area contributed by atoms with Gasteiger partial charge in [0.15, 0.2) is 0 Å². The largest absolute Gasteiger partial charge is 0.508 e. The van der Waals surface area contributed by atoms with Crippen molar-refractivity contribution < 1.29 is 20.1 Å². The molecule has 0 spiro atoms. The van der Waals surface area contributed by atoms with Crippen molar-refractivity contribution in [2.24, 2.45) is 5.73 Å². The number of phenols is 1. The van der Waals surface area contributed by atoms with Crippen molar-refractivity contribution in [3.63, 3.8) is 0 Å². The minimum absolute atomic E-state index is 0.137. The summed E-state index contributed by atoms with van der Waals surface area (Å²) in [5, 5.41) is 28.0. The highest BCUT2D eigenvalue weighted by atomic mass is 16.4. The van der Waals surface area contributed by atoms with Crippen LogP contribution in [0.3, 0.4) is 0 Å². The monoisotopic (exact) mass is 225 g/mol. The van der Waals surface area contributed by atoms with Crippen LogP contribution in [0.4, 0.5) is 0 Å². The molecule has 2 unspecified atom stereocenters. The Morgan fingerprint density at radius 1 is 1.31 bits per heavy atom. The first-order chi connectivity index (χ1) is 7.34. The van der Waals surface area contributed by atoms with E-state index < -0.39 is 18.1 Å². The Morgan fingerprint density at radius 2 is 1.81 bits per heavy atom. The normalized spacial score (nSPS) is 14.5. The standard InChI is InChI=1S/C11H15NO4/c1-5-3-7(8(13)4-6(5)2)10(14)9(12)11(15)16/h3-4,9-10,13-14H,12H2,1-2H3,(H,15,16). The zero-order chi connectivity index (χ0) is 12.5. The van der Waals surface area contributed by atoms with E-state index in [1.807, 2.05) is 6.92 Å². The van der Waals surface area contributed by atoms with Gasteiger partial charge in [0.25, 0.3) is 0 Å². The molecule has 2 atom stereocenters. The smallest absolute Gasteiger partial charge is 0.323 e. The van der Waals surface area contributed by atoms with Crippen molar-refractivity contribution >= 4 is 5.97 Å². The molecule has 0 amide bonds. The molecule has 1 rings (SSSR count). The van der Waals surface area contributed by atoms with Crippen LogP contribution < -0.4 is 5.73 Å². The van der Waals surface area contributed by atoms with Crippen molar-refractivity contribution in [1.82, 2.24) is 0 Å². The van der Waals surface area contributed by atoms with Crippen molar-refractivity contribution in [3.8, 4) is 5.75 Å². The number of carboxylic acids is 1. The van der Waals surface area contributed by atoms with Crippen LogP contribution in [-0.4, -0.2) is 27.3 Å². The molecule has 0 aromatic heterocycles. The van der Waals surface area contributed by atoms with Crippen LogP contribution in [0.5, 0.6) is 5.75 Å². The van der Waals surface area contributed by atoms with Gasteiger partial charge in [-0.25, -0.2) is 0 Å². The van der Waals surface area contributed by atoms with Crippen LogP contribution in [0, 0.1) is 13.8 Å². The third kappa shape index (κ3) is 2.32. The Bertz CT molecular complexity index is 417. The number of carboxylic acid groups (broad SMARTS) is 1. The summed E-state index contributed by atoms with van der Waals surface area (Å²) in [6, 6.07) is 1.56. The Balaban J connectivity index is 3.13. The number of aromatic hydroxyl groups is 1. The van der Waals surface area contributed by atoms with Crippen LogP contribution in [-0.2, 0) is 4.79 Å². The van der Waals surface area contributed by atoms with Crippen molar-refractivity contribution in [3.05, 3.63) is 28.8 Å². The number of benzene rings is 1. The van der Waals surface area contributed by atoms with Crippen molar-refractivity contribution in [1.29, 1.82) is 0 Å². The number of nitrogens with two attached hydrogens (primary N) is 1. The van der Waals surface area contributed by atoms with Gasteiger partial charge in [0, 0.05) is 5.56 Å². The average Bonchev–Trinajstić information content (AvgIpc) is 2.21. The molecule has 0 saturated heterocycles. The molecule has 0 heterocycles. The maximum Gasteiger partial charge on any atom is 0.323 e. The van der Waals surface area contributed by atoms with E-state index >= 15 is 0 Å². The lowest BCUT2D eigenvalue weighted by Crippen LogP contribution is -2.36. The van der Waals surface area contributed by atoms with E-state index in [0.717, 1.165) is 11.1 Å². The van der Waals surface area contributed by atoms with E-state index in [0.29, 0.717) is 0 Å². The summed E-state index contributed by atoms with van der Waals surface area (Å²) >= 11 is 0. The summed E-state index contributed by atoms with van der Waals surface area (Å²) < 4.78 is 0. The van der Waals surface area contributed by atoms with Gasteiger partial charge in [-0.15, -0.1) is 0 Å². The molecule has 0 aliphatic carbocycles. The van der Waals surface area contributed by atoms with Gasteiger partial charge >= 0.3 is 5.97 Å². The molecule has 0 bridgehead atoms. The minimum Gasteiger partial charge on any atom is -0.508 e. The van der Waals surface area contributed by atoms with E-state index in [1.165, 1.54) is 12.1 Å². The van der Waals surface area contributed by atoms with E-state index in [2.05, 4.69) is 0 Å². The molecule has 0 aliphatic heterocycles. The molecular weight excluding hydrogens is 210 g/mol. The fourth-order valence-corrected chi connectivity index (χ4v) is 1.39. The summed E-state index contributed by atoms with van der Waals surface area (Å²) in [5.41, 5.74) is 7.14. The summed E-state index contributed by atoms with van der Waals surface area (Å²) in [6.07, 6.45) is -1.42. The van der Waals surface area contributed by atoms with Gasteiger partial charge in [-0.3, -0.25) is 4.79 Å². The van der Waals surface area contributed by atoms with Gasteiger partial charge in [0.1, 0.15) is 17.9 Å². The zero-order valence-corrected chi connectivity index (χ0v) is 9.14. The quantitative estimate of drug-likeness (QED) is 0.598. The highest BCUT2D eigenvalue weighted by molar-refractivity contribution is 5.74. The lowest BCUT2D eigenvalue weighted by atomic mass is 9.97. The highest BCUT2D eigenvalue weighted by Gasteiger charge is 2.26. The molecular formula is C11H15NO4. The van der Waals surface area contributed by atoms with Crippen LogP contribution in [0.2, 0.25) is 0 Å². The molecule has 5 N–H and O–H groups in total. The summed E-state index contributed by atoms with van der Waals surface area (Å²) in [4.78, 5) is 10.6. The van der Waals surface area contributed by atoms with Gasteiger partial charge in [-0.2, -0.15) is 0 Å². The van der Waals surface area contributed by atoms with Crippen molar-refractivity contribution in [2.45, 2.75) is 26.0 Å². The Morgan fingerprint density at radius 3 is 2.31 bits per heavy atom. The summed E-state index contributed by atoms with van der Waals surface area (Å²) in [5.74, 6) is -1.46. The SMILES string of the molecule is Cc1cc(O)c(C(O)C(N)C(=O)O)cc1C. The van der Waals surface area contributed by atoms with Gasteiger partial charge in [0.2, 0.25) is 0 Å². The third-order valence-corrected chi connectivity index (χ3v) is 2.59. The number of aryl methyl sites for hydroxylation is 2. The first kappa shape index (κ1) is 12.5. The number of phenolic OH excluding ortho intramolecular Hbond substituents is 1. The Labute approximate surface area is 93.1 Å². The lowest BCUT2D eigenvalue weighted by molar-refractivity contribution is -0.141. The average molecular weight is 225 g/mol. The van der Waals surface area contributed by atoms with Gasteiger partial charge < -0.3 is 21.1 Å². The molecule has 5 heteroatoms. The van der Waals surface area contributed by atoms with Crippen molar-refractivity contribution in [2.75, 3.05) is 0 Å². The molecule has 88 valence electrons. The highest BCUT2D eigenvalue weighted by Crippen LogP contribution is 2.28. The number of aliphatic hydroxyl groups excluding tert-OH is 1. The first-order valence-corrected chi connectivity index (χ1v) is 4.81. The first-order valence-electron chi connectivity index (χ1n) is 4.81. The number of rotatable bonds is 3. The predicted octanol–water partition coefficient (Wildman–Crippen LogP) is 0.454. The van der Waals surface area contributed by atoms with E-state index in [9.17, 15) is 15.0 Å². The van der Waals surface area contributed by atoms with E-state index in [-0.39, 0.29) is 11.3 Å². The fourth-order valence-electron chi connectivity index (χ4n) is 1.39. The minimum atomic E-state index is -1.45. The predicted molar refractivity (Wildman–Crippen MR) is 58.2 cm³/mol. The third-order valence-electron chi connectivity index (χ3n) is 2.59. The molecule has 0 saturated carbocycles. The van der Waals surface area contributed by atoms with Crippen LogP contribution in [0.15, 0.2) is 12.1 Å². The van der Waals surface area contributed by atoms with Gasteiger partial charge in [-0.05, 0) is 37.1 Å². The van der Waals surface area contributed by atoms with E-state index in [1.54, 1.807) is 6.92 Å². The second-order valence-corrected chi connectivity index (χ2v) is 3.80. The zero-order valence-electron chi connectivity index (χ0n) is 9.14.